The van der Waals surface area contributed by atoms with Crippen LogP contribution in [-0.4, -0.2) is 53.7 Å². The van der Waals surface area contributed by atoms with Gasteiger partial charge in [0.25, 0.3) is 17.7 Å². The fourth-order valence-electron chi connectivity index (χ4n) is 3.43. The molecule has 0 atom stereocenters. The van der Waals surface area contributed by atoms with Gasteiger partial charge in [-0.25, -0.2) is 0 Å². The summed E-state index contributed by atoms with van der Waals surface area (Å²) < 4.78 is 5.06. The molecule has 32 heavy (non-hydrogen) atoms. The highest BCUT2D eigenvalue weighted by molar-refractivity contribution is 6.43. The molecule has 3 amide bonds. The molecule has 0 aliphatic carbocycles. The van der Waals surface area contributed by atoms with E-state index in [-0.39, 0.29) is 28.5 Å². The Morgan fingerprint density at radius 3 is 2.09 bits per heavy atom. The van der Waals surface area contributed by atoms with Crippen molar-refractivity contribution in [1.82, 2.24) is 9.80 Å². The number of hydrogen-bond donors (Lipinski definition) is 1. The molecule has 7 nitrogen and oxygen atoms in total. The van der Waals surface area contributed by atoms with Crippen molar-refractivity contribution in [3.63, 3.8) is 0 Å². The van der Waals surface area contributed by atoms with Crippen molar-refractivity contribution in [1.29, 1.82) is 0 Å². The van der Waals surface area contributed by atoms with Crippen molar-refractivity contribution in [2.45, 2.75) is 0 Å². The molecule has 3 aromatic rings. The fourth-order valence-corrected chi connectivity index (χ4v) is 3.81. The van der Waals surface area contributed by atoms with Gasteiger partial charge in [0.1, 0.15) is 0 Å². The number of amides is 3. The molecule has 9 heteroatoms. The molecule has 1 aliphatic rings. The highest BCUT2D eigenvalue weighted by atomic mass is 35.5. The number of furan rings is 1. The summed E-state index contributed by atoms with van der Waals surface area (Å²) in [6.45, 7) is 1.59. The highest BCUT2D eigenvalue weighted by Gasteiger charge is 2.27. The van der Waals surface area contributed by atoms with Gasteiger partial charge >= 0.3 is 0 Å². The molecule has 2 aromatic carbocycles. The van der Waals surface area contributed by atoms with Crippen LogP contribution in [-0.2, 0) is 0 Å². The molecule has 1 aliphatic heterocycles. The normalized spacial score (nSPS) is 13.7. The van der Waals surface area contributed by atoms with Gasteiger partial charge in [-0.2, -0.15) is 0 Å². The molecule has 1 saturated heterocycles. The smallest absolute Gasteiger partial charge is 0.291 e. The number of benzene rings is 2. The number of rotatable bonds is 4. The van der Waals surface area contributed by atoms with E-state index in [1.54, 1.807) is 64.4 Å². The molecule has 1 fully saturated rings. The van der Waals surface area contributed by atoms with Crippen LogP contribution in [0.4, 0.5) is 5.69 Å². The molecule has 0 bridgehead atoms. The van der Waals surface area contributed by atoms with Crippen molar-refractivity contribution >= 4 is 46.6 Å². The molecule has 0 spiro atoms. The number of halogens is 2. The Bertz CT molecular complexity index is 1140. The number of piperazine rings is 1. The first-order chi connectivity index (χ1) is 15.4. The Kier molecular flexibility index (Phi) is 6.48. The minimum absolute atomic E-state index is 0.137. The van der Waals surface area contributed by atoms with Gasteiger partial charge in [0.2, 0.25) is 0 Å². The lowest BCUT2D eigenvalue weighted by molar-refractivity contribution is 0.0535. The summed E-state index contributed by atoms with van der Waals surface area (Å²) in [5.41, 5.74) is 1.40. The molecule has 0 saturated carbocycles. The van der Waals surface area contributed by atoms with Gasteiger partial charge in [0.05, 0.1) is 21.9 Å². The van der Waals surface area contributed by atoms with Gasteiger partial charge < -0.3 is 19.5 Å². The summed E-state index contributed by atoms with van der Waals surface area (Å²) in [5, 5.41) is 3.27. The largest absolute Gasteiger partial charge is 0.459 e. The second-order valence-corrected chi connectivity index (χ2v) is 7.98. The Morgan fingerprint density at radius 2 is 1.47 bits per heavy atom. The third-order valence-electron chi connectivity index (χ3n) is 5.17. The van der Waals surface area contributed by atoms with E-state index < -0.39 is 0 Å². The third kappa shape index (κ3) is 4.64. The summed E-state index contributed by atoms with van der Waals surface area (Å²) in [6, 6.07) is 14.8. The van der Waals surface area contributed by atoms with Crippen molar-refractivity contribution in [2.24, 2.45) is 0 Å². The summed E-state index contributed by atoms with van der Waals surface area (Å²) in [5.74, 6) is -0.505. The predicted molar refractivity (Wildman–Crippen MR) is 121 cm³/mol. The lowest BCUT2D eigenvalue weighted by atomic mass is 10.1. The average Bonchev–Trinajstić information content (AvgIpc) is 3.36. The van der Waals surface area contributed by atoms with Crippen LogP contribution in [0.5, 0.6) is 0 Å². The summed E-state index contributed by atoms with van der Waals surface area (Å²) in [4.78, 5) is 41.0. The standard InChI is InChI=1S/C23H19Cl2N3O4/c24-18-4-1-3-17(20(18)25)23(31)28-12-10-27(11-13-28)22(30)15-6-8-16(9-7-15)26-21(29)19-5-2-14-32-19/h1-9,14H,10-13H2,(H,26,29). The number of hydrogen-bond acceptors (Lipinski definition) is 4. The average molecular weight is 472 g/mol. The molecule has 164 valence electrons. The van der Waals surface area contributed by atoms with Crippen molar-refractivity contribution < 1.29 is 18.8 Å². The second kappa shape index (κ2) is 9.46. The molecule has 0 radical (unpaired) electrons. The van der Waals surface area contributed by atoms with E-state index in [2.05, 4.69) is 5.32 Å². The second-order valence-electron chi connectivity index (χ2n) is 7.19. The monoisotopic (exact) mass is 471 g/mol. The SMILES string of the molecule is O=C(Nc1ccc(C(=O)N2CCN(C(=O)c3cccc(Cl)c3Cl)CC2)cc1)c1ccco1. The van der Waals surface area contributed by atoms with Gasteiger partial charge in [-0.1, -0.05) is 29.3 Å². The van der Waals surface area contributed by atoms with Gasteiger partial charge in [0, 0.05) is 37.4 Å². The van der Waals surface area contributed by atoms with Crippen molar-refractivity contribution in [2.75, 3.05) is 31.5 Å². The quantitative estimate of drug-likeness (QED) is 0.609. The zero-order chi connectivity index (χ0) is 22.7. The maximum atomic E-state index is 12.8. The first-order valence-electron chi connectivity index (χ1n) is 9.91. The van der Waals surface area contributed by atoms with E-state index in [9.17, 15) is 14.4 Å². The first-order valence-corrected chi connectivity index (χ1v) is 10.7. The highest BCUT2D eigenvalue weighted by Crippen LogP contribution is 2.27. The summed E-state index contributed by atoms with van der Waals surface area (Å²) in [6.07, 6.45) is 1.42. The van der Waals surface area contributed by atoms with Crippen molar-refractivity contribution in [3.8, 4) is 0 Å². The third-order valence-corrected chi connectivity index (χ3v) is 5.99. The van der Waals surface area contributed by atoms with E-state index in [0.29, 0.717) is 48.0 Å². The van der Waals surface area contributed by atoms with Crippen LogP contribution in [0.2, 0.25) is 10.0 Å². The van der Waals surface area contributed by atoms with E-state index in [1.807, 2.05) is 0 Å². The number of carbonyl (C=O) groups excluding carboxylic acids is 3. The van der Waals surface area contributed by atoms with E-state index >= 15 is 0 Å². The molecule has 4 rings (SSSR count). The topological polar surface area (TPSA) is 82.9 Å². The Hall–Kier alpha value is -3.29. The van der Waals surface area contributed by atoms with Crippen LogP contribution in [0.3, 0.4) is 0 Å². The van der Waals surface area contributed by atoms with Crippen LogP contribution >= 0.6 is 23.2 Å². The molecular weight excluding hydrogens is 453 g/mol. The Morgan fingerprint density at radius 1 is 0.812 bits per heavy atom. The molecule has 0 unspecified atom stereocenters. The van der Waals surface area contributed by atoms with E-state index in [4.69, 9.17) is 27.6 Å². The van der Waals surface area contributed by atoms with Crippen LogP contribution in [0.1, 0.15) is 31.3 Å². The molecule has 2 heterocycles. The lowest BCUT2D eigenvalue weighted by Crippen LogP contribution is -2.50. The Balaban J connectivity index is 1.34. The van der Waals surface area contributed by atoms with Crippen LogP contribution in [0.15, 0.2) is 65.3 Å². The maximum Gasteiger partial charge on any atom is 0.291 e. The van der Waals surface area contributed by atoms with Gasteiger partial charge in [-0.15, -0.1) is 0 Å². The maximum absolute atomic E-state index is 12.8. The zero-order valence-corrected chi connectivity index (χ0v) is 18.4. The minimum atomic E-state index is -0.366. The number of nitrogens with one attached hydrogen (secondary N) is 1. The molecular formula is C23H19Cl2N3O4. The van der Waals surface area contributed by atoms with Gasteiger partial charge in [-0.3, -0.25) is 14.4 Å². The summed E-state index contributed by atoms with van der Waals surface area (Å²) in [7, 11) is 0. The van der Waals surface area contributed by atoms with Gasteiger partial charge in [-0.05, 0) is 48.5 Å². The predicted octanol–water partition coefficient (Wildman–Crippen LogP) is 4.44. The number of anilines is 1. The minimum Gasteiger partial charge on any atom is -0.459 e. The van der Waals surface area contributed by atoms with Crippen LogP contribution < -0.4 is 5.32 Å². The summed E-state index contributed by atoms with van der Waals surface area (Å²) >= 11 is 12.2. The van der Waals surface area contributed by atoms with Crippen LogP contribution in [0.25, 0.3) is 0 Å². The lowest BCUT2D eigenvalue weighted by Gasteiger charge is -2.35. The Labute approximate surface area is 194 Å². The van der Waals surface area contributed by atoms with E-state index in [1.165, 1.54) is 6.26 Å². The number of nitrogens with zero attached hydrogens (tertiary/aromatic N) is 2. The zero-order valence-electron chi connectivity index (χ0n) is 16.9. The molecule has 1 N–H and O–H groups in total. The first kappa shape index (κ1) is 21.9. The van der Waals surface area contributed by atoms with Gasteiger partial charge in [0.15, 0.2) is 5.76 Å². The van der Waals surface area contributed by atoms with Crippen molar-refractivity contribution in [3.05, 3.63) is 87.8 Å². The molecule has 1 aromatic heterocycles. The van der Waals surface area contributed by atoms with Crippen LogP contribution in [0, 0.1) is 0 Å². The fraction of sp³-hybridized carbons (Fsp3) is 0.174. The van der Waals surface area contributed by atoms with E-state index in [0.717, 1.165) is 0 Å². The number of carbonyl (C=O) groups is 3.